The lowest BCUT2D eigenvalue weighted by atomic mass is 9.78. The molecule has 0 bridgehead atoms. The number of hydrogen-bond donors (Lipinski definition) is 1. The van der Waals surface area contributed by atoms with Crippen molar-refractivity contribution in [2.24, 2.45) is 0 Å². The van der Waals surface area contributed by atoms with E-state index in [1.54, 1.807) is 18.2 Å². The summed E-state index contributed by atoms with van der Waals surface area (Å²) in [5, 5.41) is 10.5. The Balaban J connectivity index is 0.000000450. The maximum atomic E-state index is 11.6. The summed E-state index contributed by atoms with van der Waals surface area (Å²) in [4.78, 5) is 23.2. The molecule has 0 spiro atoms. The molecule has 7 nitrogen and oxygen atoms in total. The van der Waals surface area contributed by atoms with Crippen LogP contribution in [0.2, 0.25) is 0 Å². The maximum absolute atomic E-state index is 11.6. The van der Waals surface area contributed by atoms with Crippen LogP contribution in [-0.4, -0.2) is 30.3 Å². The van der Waals surface area contributed by atoms with Crippen molar-refractivity contribution in [3.63, 3.8) is 0 Å². The molecule has 7 heteroatoms. The first-order valence-corrected chi connectivity index (χ1v) is 15.3. The van der Waals surface area contributed by atoms with Crippen LogP contribution in [0.4, 0.5) is 0 Å². The van der Waals surface area contributed by atoms with Crippen molar-refractivity contribution in [3.8, 4) is 28.7 Å². The molecule has 0 saturated carbocycles. The van der Waals surface area contributed by atoms with Gasteiger partial charge in [-0.25, -0.2) is 0 Å². The van der Waals surface area contributed by atoms with Gasteiger partial charge < -0.3 is 24.1 Å². The molecule has 2 aromatic carbocycles. The third-order valence-electron chi connectivity index (χ3n) is 6.65. The number of carbonyl (C=O) groups is 2. The highest BCUT2D eigenvalue weighted by atomic mass is 16.5. The van der Waals surface area contributed by atoms with Crippen molar-refractivity contribution in [3.05, 3.63) is 65.8 Å². The Hall–Kier alpha value is -3.74. The first kappa shape index (κ1) is 39.3. The van der Waals surface area contributed by atoms with Gasteiger partial charge in [-0.1, -0.05) is 108 Å². The van der Waals surface area contributed by atoms with Crippen LogP contribution in [0.3, 0.4) is 0 Å². The average molecular weight is 625 g/mol. The Morgan fingerprint density at radius 1 is 0.622 bits per heavy atom. The summed E-state index contributed by atoms with van der Waals surface area (Å²) < 4.78 is 22.5. The molecular formula is C38H56O7. The molecule has 0 amide bonds. The third-order valence-corrected chi connectivity index (χ3v) is 6.65. The van der Waals surface area contributed by atoms with E-state index >= 15 is 0 Å². The topological polar surface area (TPSA) is 91.3 Å². The molecule has 0 atom stereocenters. The molecule has 2 rings (SSSR count). The van der Waals surface area contributed by atoms with Crippen molar-refractivity contribution in [2.75, 3.05) is 13.2 Å². The summed E-state index contributed by atoms with van der Waals surface area (Å²) in [6, 6.07) is 5.53. The number of aromatic hydroxyl groups is 1. The van der Waals surface area contributed by atoms with Crippen molar-refractivity contribution in [1.29, 1.82) is 0 Å². The molecule has 2 aromatic rings. The molecule has 45 heavy (non-hydrogen) atoms. The molecule has 0 aromatic heterocycles. The number of ether oxygens (including phenoxy) is 4. The standard InChI is InChI=1S/C19H28O4.C19H28O3/c1-9-10-22-17-14(21)11-13(18(3,4)5)16(23-12(2)20)15(17)19(6,7)8;1-9-10-21-14-11-15(18(3,4)5)17(22-13(2)20)16(12-14)19(6,7)8/h9,11,21H,1,10H2,2-8H3;9,11-12H,1,10H2,2-8H3. The lowest BCUT2D eigenvalue weighted by molar-refractivity contribution is -0.133. The highest BCUT2D eigenvalue weighted by Gasteiger charge is 2.34. The highest BCUT2D eigenvalue weighted by molar-refractivity contribution is 5.73. The fourth-order valence-corrected chi connectivity index (χ4v) is 4.62. The fourth-order valence-electron chi connectivity index (χ4n) is 4.62. The summed E-state index contributed by atoms with van der Waals surface area (Å²) in [6.07, 6.45) is 3.32. The second kappa shape index (κ2) is 15.0. The normalized spacial score (nSPS) is 12.0. The zero-order valence-electron chi connectivity index (χ0n) is 30.1. The van der Waals surface area contributed by atoms with E-state index in [1.807, 2.05) is 53.7 Å². The molecule has 0 saturated heterocycles. The van der Waals surface area contributed by atoms with Crippen LogP contribution in [0.1, 0.15) is 119 Å². The predicted molar refractivity (Wildman–Crippen MR) is 183 cm³/mol. The minimum atomic E-state index is -0.402. The first-order valence-electron chi connectivity index (χ1n) is 15.3. The van der Waals surface area contributed by atoms with Crippen LogP contribution in [0.25, 0.3) is 0 Å². The van der Waals surface area contributed by atoms with Gasteiger partial charge in [-0.3, -0.25) is 9.59 Å². The lowest BCUT2D eigenvalue weighted by Crippen LogP contribution is -2.22. The summed E-state index contributed by atoms with van der Waals surface area (Å²) in [5.41, 5.74) is 2.35. The summed E-state index contributed by atoms with van der Waals surface area (Å²) >= 11 is 0. The first-order chi connectivity index (χ1) is 20.4. The number of phenols is 1. The second-order valence-electron chi connectivity index (χ2n) is 15.2. The van der Waals surface area contributed by atoms with Gasteiger partial charge >= 0.3 is 11.9 Å². The molecule has 0 unspecified atom stereocenters. The van der Waals surface area contributed by atoms with Gasteiger partial charge in [-0.15, -0.1) is 0 Å². The van der Waals surface area contributed by atoms with Gasteiger partial charge in [-0.05, 0) is 39.9 Å². The van der Waals surface area contributed by atoms with E-state index in [0.29, 0.717) is 29.4 Å². The summed E-state index contributed by atoms with van der Waals surface area (Å²) in [6.45, 7) is 35.4. The van der Waals surface area contributed by atoms with Crippen molar-refractivity contribution >= 4 is 11.9 Å². The fraction of sp³-hybridized carbons (Fsp3) is 0.526. The molecule has 0 aliphatic rings. The van der Waals surface area contributed by atoms with E-state index in [-0.39, 0.29) is 40.0 Å². The second-order valence-corrected chi connectivity index (χ2v) is 15.2. The van der Waals surface area contributed by atoms with E-state index < -0.39 is 5.97 Å². The van der Waals surface area contributed by atoms with Crippen LogP contribution in [-0.2, 0) is 31.2 Å². The van der Waals surface area contributed by atoms with Gasteiger partial charge in [0.15, 0.2) is 11.5 Å². The molecule has 0 radical (unpaired) electrons. The van der Waals surface area contributed by atoms with Crippen LogP contribution < -0.4 is 18.9 Å². The Morgan fingerprint density at radius 3 is 1.36 bits per heavy atom. The number of hydrogen-bond acceptors (Lipinski definition) is 7. The zero-order valence-corrected chi connectivity index (χ0v) is 30.1. The van der Waals surface area contributed by atoms with E-state index in [2.05, 4.69) is 54.7 Å². The summed E-state index contributed by atoms with van der Waals surface area (Å²) in [5.74, 6) is 1.55. The molecular weight excluding hydrogens is 568 g/mol. The lowest BCUT2D eigenvalue weighted by Gasteiger charge is -2.31. The van der Waals surface area contributed by atoms with Crippen LogP contribution in [0.15, 0.2) is 43.5 Å². The SMILES string of the molecule is C=CCOc1c(O)cc(C(C)(C)C)c(OC(C)=O)c1C(C)(C)C.C=CCOc1cc(C(C)(C)C)c(OC(C)=O)c(C(C)(C)C)c1. The van der Waals surface area contributed by atoms with Crippen LogP contribution in [0, 0.1) is 0 Å². The van der Waals surface area contributed by atoms with Crippen LogP contribution >= 0.6 is 0 Å². The van der Waals surface area contributed by atoms with E-state index in [4.69, 9.17) is 18.9 Å². The number of rotatable bonds is 8. The zero-order chi connectivity index (χ0) is 35.1. The minimum absolute atomic E-state index is 0.0394. The molecule has 1 N–H and O–H groups in total. The molecule has 0 heterocycles. The Bertz CT molecular complexity index is 1340. The van der Waals surface area contributed by atoms with E-state index in [0.717, 1.165) is 22.4 Å². The van der Waals surface area contributed by atoms with E-state index in [9.17, 15) is 14.7 Å². The largest absolute Gasteiger partial charge is 0.504 e. The van der Waals surface area contributed by atoms with Gasteiger partial charge in [0.05, 0.1) is 0 Å². The van der Waals surface area contributed by atoms with Crippen molar-refractivity contribution in [2.45, 2.75) is 119 Å². The average Bonchev–Trinajstić information content (AvgIpc) is 2.84. The van der Waals surface area contributed by atoms with Gasteiger partial charge in [0.2, 0.25) is 0 Å². The molecule has 0 aliphatic carbocycles. The number of carbonyl (C=O) groups excluding carboxylic acids is 2. The predicted octanol–water partition coefficient (Wildman–Crippen LogP) is 9.25. The smallest absolute Gasteiger partial charge is 0.308 e. The van der Waals surface area contributed by atoms with Gasteiger partial charge in [-0.2, -0.15) is 0 Å². The van der Waals surface area contributed by atoms with Gasteiger partial charge in [0.1, 0.15) is 30.5 Å². The quantitative estimate of drug-likeness (QED) is 0.178. The Morgan fingerprint density at radius 2 is 1.00 bits per heavy atom. The van der Waals surface area contributed by atoms with Crippen molar-refractivity contribution < 1.29 is 33.6 Å². The number of phenolic OH excluding ortho intramolecular Hbond substituents is 1. The maximum Gasteiger partial charge on any atom is 0.308 e. The van der Waals surface area contributed by atoms with Crippen molar-refractivity contribution in [1.82, 2.24) is 0 Å². The highest BCUT2D eigenvalue weighted by Crippen LogP contribution is 2.49. The monoisotopic (exact) mass is 624 g/mol. The van der Waals surface area contributed by atoms with E-state index in [1.165, 1.54) is 13.8 Å². The third kappa shape index (κ3) is 11.3. The molecule has 0 fully saturated rings. The minimum Gasteiger partial charge on any atom is -0.504 e. The van der Waals surface area contributed by atoms with Crippen LogP contribution in [0.5, 0.6) is 28.7 Å². The Labute approximate surface area is 271 Å². The Kier molecular flexibility index (Phi) is 13.1. The van der Waals surface area contributed by atoms with Gasteiger partial charge in [0.25, 0.3) is 0 Å². The molecule has 250 valence electrons. The summed E-state index contributed by atoms with van der Waals surface area (Å²) in [7, 11) is 0. The molecule has 0 aliphatic heterocycles. The van der Waals surface area contributed by atoms with Gasteiger partial charge in [0, 0.05) is 36.1 Å². The number of esters is 2. The number of benzene rings is 2.